The molecule has 0 fully saturated rings. The maximum atomic E-state index is 14.3. The van der Waals surface area contributed by atoms with Crippen molar-refractivity contribution in [3.05, 3.63) is 128 Å². The summed E-state index contributed by atoms with van der Waals surface area (Å²) >= 11 is 12.9. The molecule has 3 heterocycles. The fourth-order valence-electron chi connectivity index (χ4n) is 6.44. The van der Waals surface area contributed by atoms with E-state index in [0.717, 1.165) is 26.8 Å². The normalized spacial score (nSPS) is 16.5. The number of benzene rings is 4. The highest BCUT2D eigenvalue weighted by Crippen LogP contribution is 2.42. The van der Waals surface area contributed by atoms with Crippen LogP contribution in [0.5, 0.6) is 17.2 Å². The first-order valence-electron chi connectivity index (χ1n) is 17.7. The molecule has 1 aromatic heterocycles. The predicted octanol–water partition coefficient (Wildman–Crippen LogP) is 6.43. The molecule has 0 saturated heterocycles. The molecule has 0 saturated carbocycles. The minimum absolute atomic E-state index is 0.0398. The summed E-state index contributed by atoms with van der Waals surface area (Å²) in [7, 11) is -4.38. The first-order chi connectivity index (χ1) is 27.8. The van der Waals surface area contributed by atoms with E-state index in [1.54, 1.807) is 48.5 Å². The van der Waals surface area contributed by atoms with Gasteiger partial charge < -0.3 is 30.4 Å². The van der Waals surface area contributed by atoms with Crippen molar-refractivity contribution in [2.45, 2.75) is 55.3 Å². The molecule has 1 amide bonds. The number of nitrogens with zero attached hydrogens (tertiary/aromatic N) is 3. The van der Waals surface area contributed by atoms with Crippen LogP contribution in [0.1, 0.15) is 51.6 Å². The number of thiazole rings is 1. The second kappa shape index (κ2) is 17.0. The molecule has 296 valence electrons. The Balaban J connectivity index is 1.10. The Morgan fingerprint density at radius 2 is 1.78 bits per heavy atom. The summed E-state index contributed by atoms with van der Waals surface area (Å²) in [6.07, 6.45) is -0.858. The third-order valence-electron chi connectivity index (χ3n) is 9.44. The summed E-state index contributed by atoms with van der Waals surface area (Å²) in [6.45, 7) is 1.74. The summed E-state index contributed by atoms with van der Waals surface area (Å²) in [5, 5.41) is 22.5. The van der Waals surface area contributed by atoms with Gasteiger partial charge in [-0.25, -0.2) is 18.2 Å². The lowest BCUT2D eigenvalue weighted by atomic mass is 9.94. The number of carboxylic acid groups (broad SMARTS) is 1. The van der Waals surface area contributed by atoms with Crippen molar-refractivity contribution >= 4 is 61.6 Å². The molecule has 58 heavy (non-hydrogen) atoms. The average Bonchev–Trinajstić information content (AvgIpc) is 3.57. The number of nitriles is 1. The maximum absolute atomic E-state index is 14.3. The number of carboxylic acids is 1. The van der Waals surface area contributed by atoms with Gasteiger partial charge in [0.1, 0.15) is 31.0 Å². The van der Waals surface area contributed by atoms with E-state index >= 15 is 0 Å². The van der Waals surface area contributed by atoms with Crippen molar-refractivity contribution in [1.29, 1.82) is 5.26 Å². The molecule has 3 atom stereocenters. The summed E-state index contributed by atoms with van der Waals surface area (Å²) in [4.78, 5) is 30.4. The van der Waals surface area contributed by atoms with Gasteiger partial charge >= 0.3 is 5.97 Å². The van der Waals surface area contributed by atoms with Crippen LogP contribution in [0.15, 0.2) is 83.1 Å². The molecular formula is C41H33Cl2N5O8S2. The zero-order valence-corrected chi connectivity index (χ0v) is 33.7. The van der Waals surface area contributed by atoms with Gasteiger partial charge in [0, 0.05) is 18.5 Å². The number of hydrogen-bond donors (Lipinski definition) is 3. The van der Waals surface area contributed by atoms with E-state index in [9.17, 15) is 23.1 Å². The van der Waals surface area contributed by atoms with Crippen LogP contribution in [0.2, 0.25) is 10.0 Å². The highest BCUT2D eigenvalue weighted by molar-refractivity contribution is 7.91. The van der Waals surface area contributed by atoms with Gasteiger partial charge in [-0.15, -0.1) is 0 Å². The Morgan fingerprint density at radius 3 is 2.45 bits per heavy atom. The number of aliphatic carboxylic acids is 1. The van der Waals surface area contributed by atoms with Crippen molar-refractivity contribution in [2.24, 2.45) is 0 Å². The summed E-state index contributed by atoms with van der Waals surface area (Å²) in [5.74, 6) is 4.86. The number of hydrogen-bond acceptors (Lipinski definition) is 11. The number of aryl methyl sites for hydroxylation is 1. The molecule has 17 heteroatoms. The van der Waals surface area contributed by atoms with Crippen LogP contribution in [-0.4, -0.2) is 53.4 Å². The molecule has 4 N–H and O–H groups in total. The quantitative estimate of drug-likeness (QED) is 0.131. The minimum atomic E-state index is -4.38. The van der Waals surface area contributed by atoms with Crippen molar-refractivity contribution in [3.63, 3.8) is 0 Å². The number of ether oxygens (including phenoxy) is 3. The van der Waals surface area contributed by atoms with Crippen molar-refractivity contribution in [3.8, 4) is 35.2 Å². The predicted molar refractivity (Wildman–Crippen MR) is 216 cm³/mol. The number of anilines is 1. The molecular weight excluding hydrogens is 826 g/mol. The van der Waals surface area contributed by atoms with E-state index < -0.39 is 40.1 Å². The second-order valence-electron chi connectivity index (χ2n) is 13.4. The number of halogens is 2. The number of nitrogen functional groups attached to an aromatic ring is 1. The Morgan fingerprint density at radius 1 is 1.05 bits per heavy atom. The van der Waals surface area contributed by atoms with E-state index in [1.807, 2.05) is 36.4 Å². The van der Waals surface area contributed by atoms with Gasteiger partial charge in [-0.2, -0.15) is 9.57 Å². The highest BCUT2D eigenvalue weighted by Gasteiger charge is 2.43. The molecule has 7 rings (SSSR count). The monoisotopic (exact) mass is 857 g/mol. The van der Waals surface area contributed by atoms with Gasteiger partial charge in [0.25, 0.3) is 10.0 Å². The first kappa shape index (κ1) is 40.4. The summed E-state index contributed by atoms with van der Waals surface area (Å²) in [5.41, 5.74) is 9.92. The Bertz CT molecular complexity index is 2620. The molecule has 2 aliphatic rings. The van der Waals surface area contributed by atoms with E-state index in [0.29, 0.717) is 56.2 Å². The van der Waals surface area contributed by atoms with E-state index in [4.69, 9.17) is 48.4 Å². The summed E-state index contributed by atoms with van der Waals surface area (Å²) < 4.78 is 47.9. The SMILES string of the molecule is Cc1nc(N)sc1S(=O)(=O)N1Cc2cc3c(cc2CC1C(=O)N[C@@H](CC#Cc1ccc(C#N)cc1)C(=O)O)OC[C@H](c1ccc(OCc2ccc(Cl)c(Cl)c2)cc1)O3. The van der Waals surface area contributed by atoms with E-state index in [2.05, 4.69) is 22.1 Å². The van der Waals surface area contributed by atoms with Gasteiger partial charge in [-0.1, -0.05) is 64.6 Å². The topological polar surface area (TPSA) is 194 Å². The number of nitrogens with two attached hydrogens (primary N) is 1. The Kier molecular flexibility index (Phi) is 11.8. The number of carbonyl (C=O) groups excluding carboxylic acids is 1. The van der Waals surface area contributed by atoms with Crippen molar-refractivity contribution < 1.29 is 37.3 Å². The average molecular weight is 859 g/mol. The van der Waals surface area contributed by atoms with Gasteiger partial charge in [0.15, 0.2) is 26.9 Å². The molecule has 5 aromatic rings. The number of carbonyl (C=O) groups is 2. The Labute approximate surface area is 347 Å². The lowest BCUT2D eigenvalue weighted by Crippen LogP contribution is -2.55. The van der Waals surface area contributed by atoms with Crippen LogP contribution in [0.25, 0.3) is 0 Å². The maximum Gasteiger partial charge on any atom is 0.327 e. The molecule has 0 spiro atoms. The smallest absolute Gasteiger partial charge is 0.327 e. The number of nitrogens with one attached hydrogen (secondary N) is 1. The van der Waals surface area contributed by atoms with Crippen molar-refractivity contribution in [1.82, 2.24) is 14.6 Å². The molecule has 0 bridgehead atoms. The zero-order valence-electron chi connectivity index (χ0n) is 30.6. The van der Waals surface area contributed by atoms with E-state index in [1.165, 1.54) is 6.92 Å². The summed E-state index contributed by atoms with van der Waals surface area (Å²) in [6, 6.07) is 21.7. The van der Waals surface area contributed by atoms with Crippen LogP contribution in [0.3, 0.4) is 0 Å². The standard InChI is InChI=1S/C41H33Cl2N5O8S2/c1-23-40(57-41(45)46-23)58(52,53)48-20-29-18-36-35(55-22-37(56-36)27-10-12-30(13-11-27)54-21-26-9-14-31(42)32(43)15-26)17-28(29)16-34(48)38(49)47-33(39(50)51)4-2-3-24-5-7-25(19-44)8-6-24/h5-15,17-18,33-34,37H,4,16,20-22H2,1H3,(H2,45,46)(H,47,49)(H,50,51)/t33-,34?,37+/m0/s1. The van der Waals surface area contributed by atoms with E-state index in [-0.39, 0.29) is 41.0 Å². The fourth-order valence-corrected chi connectivity index (χ4v) is 9.74. The molecule has 0 radical (unpaired) electrons. The van der Waals surface area contributed by atoms with Crippen LogP contribution in [0.4, 0.5) is 5.13 Å². The van der Waals surface area contributed by atoms with Crippen molar-refractivity contribution in [2.75, 3.05) is 12.3 Å². The van der Waals surface area contributed by atoms with Crippen LogP contribution < -0.4 is 25.3 Å². The molecule has 2 aliphatic heterocycles. The molecule has 0 aliphatic carbocycles. The molecule has 4 aromatic carbocycles. The minimum Gasteiger partial charge on any atom is -0.489 e. The molecule has 1 unspecified atom stereocenters. The Hall–Kier alpha value is -5.81. The number of sulfonamides is 1. The number of aromatic nitrogens is 1. The number of rotatable bonds is 10. The van der Waals surface area contributed by atoms with Gasteiger partial charge in [-0.3, -0.25) is 4.79 Å². The zero-order chi connectivity index (χ0) is 41.1. The fraction of sp³-hybridized carbons (Fsp3) is 0.220. The third kappa shape index (κ3) is 8.84. The number of amides is 1. The van der Waals surface area contributed by atoms with Gasteiger partial charge in [0.05, 0.1) is 27.4 Å². The third-order valence-corrected chi connectivity index (χ3v) is 13.6. The van der Waals surface area contributed by atoms with Crippen LogP contribution in [0, 0.1) is 30.1 Å². The second-order valence-corrected chi connectivity index (χ2v) is 17.3. The number of fused-ring (bicyclic) bond motifs is 2. The lowest BCUT2D eigenvalue weighted by molar-refractivity contribution is -0.142. The van der Waals surface area contributed by atoms with Gasteiger partial charge in [-0.05, 0) is 96.3 Å². The highest BCUT2D eigenvalue weighted by atomic mass is 35.5. The largest absolute Gasteiger partial charge is 0.489 e. The van der Waals surface area contributed by atoms with Crippen LogP contribution in [-0.2, 0) is 39.2 Å². The molecule has 13 nitrogen and oxygen atoms in total. The van der Waals surface area contributed by atoms with Crippen LogP contribution >= 0.6 is 34.5 Å². The lowest BCUT2D eigenvalue weighted by Gasteiger charge is -2.36. The first-order valence-corrected chi connectivity index (χ1v) is 20.7. The van der Waals surface area contributed by atoms with Gasteiger partial charge in [0.2, 0.25) is 5.91 Å².